The fraction of sp³-hybridized carbons (Fsp3) is 0.300. The maximum atomic E-state index is 12.7. The molecule has 3 rings (SSSR count). The normalized spacial score (nSPS) is 17.3. The molecule has 0 saturated carbocycles. The van der Waals surface area contributed by atoms with Gasteiger partial charge in [0, 0.05) is 6.54 Å². The Kier molecular flexibility index (Phi) is 5.30. The number of carboxylic acids is 2. The van der Waals surface area contributed by atoms with Crippen LogP contribution >= 0.6 is 0 Å². The molecule has 0 spiro atoms. The van der Waals surface area contributed by atoms with E-state index in [1.807, 2.05) is 0 Å². The zero-order valence-electron chi connectivity index (χ0n) is 15.2. The van der Waals surface area contributed by atoms with Crippen molar-refractivity contribution in [3.05, 3.63) is 47.5 Å². The van der Waals surface area contributed by atoms with Gasteiger partial charge in [0.2, 0.25) is 5.91 Å². The van der Waals surface area contributed by atoms with Crippen molar-refractivity contribution >= 4 is 34.5 Å². The molecule has 0 bridgehead atoms. The molecule has 2 aromatic rings. The predicted molar refractivity (Wildman–Crippen MR) is 100 cm³/mol. The van der Waals surface area contributed by atoms with E-state index in [9.17, 15) is 29.4 Å². The van der Waals surface area contributed by atoms with Crippen molar-refractivity contribution in [2.75, 3.05) is 6.54 Å². The van der Waals surface area contributed by atoms with Crippen molar-refractivity contribution in [1.29, 1.82) is 0 Å². The van der Waals surface area contributed by atoms with Crippen LogP contribution in [0, 0.1) is 0 Å². The first-order valence-electron chi connectivity index (χ1n) is 8.90. The molecule has 1 unspecified atom stereocenters. The molecule has 1 fully saturated rings. The Labute approximate surface area is 160 Å². The summed E-state index contributed by atoms with van der Waals surface area (Å²) in [7, 11) is 0. The Morgan fingerprint density at radius 1 is 1.11 bits per heavy atom. The molecule has 1 saturated heterocycles. The van der Waals surface area contributed by atoms with Crippen LogP contribution in [-0.4, -0.2) is 57.5 Å². The number of hydrogen-bond donors (Lipinski definition) is 3. The third-order valence-corrected chi connectivity index (χ3v) is 4.93. The minimum absolute atomic E-state index is 0.0537. The Hall–Kier alpha value is -3.42. The molecule has 1 aliphatic rings. The highest BCUT2D eigenvalue weighted by molar-refractivity contribution is 6.13. The number of hydrogen-bond acceptors (Lipinski definition) is 4. The lowest BCUT2D eigenvalue weighted by Gasteiger charge is -2.25. The molecule has 8 nitrogen and oxygen atoms in total. The van der Waals surface area contributed by atoms with Crippen molar-refractivity contribution < 1.29 is 29.4 Å². The number of fused-ring (bicyclic) bond motifs is 1. The molecule has 0 aromatic heterocycles. The predicted octanol–water partition coefficient (Wildman–Crippen LogP) is 1.73. The van der Waals surface area contributed by atoms with Gasteiger partial charge in [0.1, 0.15) is 12.1 Å². The fourth-order valence-corrected chi connectivity index (χ4v) is 3.56. The summed E-state index contributed by atoms with van der Waals surface area (Å²) in [5, 5.41) is 22.4. The molecule has 2 amide bonds. The van der Waals surface area contributed by atoms with Crippen LogP contribution in [0.4, 0.5) is 0 Å². The van der Waals surface area contributed by atoms with Gasteiger partial charge in [0.25, 0.3) is 5.91 Å². The third-order valence-electron chi connectivity index (χ3n) is 4.93. The SMILES string of the molecule is C[C@H](NC(=O)c1ccc2ccccc2c1C(=O)O)C(=O)N1CCCC1C(=O)O. The number of amides is 2. The lowest BCUT2D eigenvalue weighted by Crippen LogP contribution is -2.50. The second-order valence-electron chi connectivity index (χ2n) is 6.74. The van der Waals surface area contributed by atoms with E-state index in [-0.39, 0.29) is 11.1 Å². The minimum atomic E-state index is -1.24. The third kappa shape index (κ3) is 3.53. The average Bonchev–Trinajstić information content (AvgIpc) is 3.16. The Morgan fingerprint density at radius 2 is 1.82 bits per heavy atom. The van der Waals surface area contributed by atoms with Gasteiger partial charge in [-0.05, 0) is 36.6 Å². The topological polar surface area (TPSA) is 124 Å². The summed E-state index contributed by atoms with van der Waals surface area (Å²) >= 11 is 0. The number of aliphatic carboxylic acids is 1. The van der Waals surface area contributed by atoms with Crippen LogP contribution in [0.25, 0.3) is 10.8 Å². The molecule has 2 aromatic carbocycles. The van der Waals surface area contributed by atoms with Crippen LogP contribution in [0.2, 0.25) is 0 Å². The van der Waals surface area contributed by atoms with Crippen molar-refractivity contribution in [3.8, 4) is 0 Å². The number of rotatable bonds is 5. The number of aromatic carboxylic acids is 1. The molecule has 2 atom stereocenters. The zero-order valence-corrected chi connectivity index (χ0v) is 15.2. The van der Waals surface area contributed by atoms with Crippen LogP contribution in [0.3, 0.4) is 0 Å². The molecule has 28 heavy (non-hydrogen) atoms. The fourth-order valence-electron chi connectivity index (χ4n) is 3.56. The summed E-state index contributed by atoms with van der Waals surface area (Å²) in [6.07, 6.45) is 0.951. The maximum Gasteiger partial charge on any atom is 0.337 e. The van der Waals surface area contributed by atoms with Crippen molar-refractivity contribution in [2.24, 2.45) is 0 Å². The molecule has 1 aliphatic heterocycles. The van der Waals surface area contributed by atoms with E-state index in [1.54, 1.807) is 30.3 Å². The van der Waals surface area contributed by atoms with E-state index in [1.165, 1.54) is 17.9 Å². The number of carbonyl (C=O) groups is 4. The van der Waals surface area contributed by atoms with Gasteiger partial charge in [0.15, 0.2) is 0 Å². The average molecular weight is 384 g/mol. The molecular formula is C20H20N2O6. The second-order valence-corrected chi connectivity index (χ2v) is 6.74. The van der Waals surface area contributed by atoms with Gasteiger partial charge < -0.3 is 20.4 Å². The number of benzene rings is 2. The number of nitrogens with zero attached hydrogens (tertiary/aromatic N) is 1. The highest BCUT2D eigenvalue weighted by atomic mass is 16.4. The van der Waals surface area contributed by atoms with Crippen LogP contribution < -0.4 is 5.32 Å². The minimum Gasteiger partial charge on any atom is -0.480 e. The van der Waals surface area contributed by atoms with Gasteiger partial charge >= 0.3 is 11.9 Å². The van der Waals surface area contributed by atoms with E-state index >= 15 is 0 Å². The van der Waals surface area contributed by atoms with E-state index in [2.05, 4.69) is 5.32 Å². The number of nitrogens with one attached hydrogen (secondary N) is 1. The highest BCUT2D eigenvalue weighted by Crippen LogP contribution is 2.23. The first-order chi connectivity index (χ1) is 13.3. The largest absolute Gasteiger partial charge is 0.480 e. The summed E-state index contributed by atoms with van der Waals surface area (Å²) in [5.41, 5.74) is -0.193. The molecule has 146 valence electrons. The smallest absolute Gasteiger partial charge is 0.337 e. The van der Waals surface area contributed by atoms with Gasteiger partial charge in [-0.1, -0.05) is 30.3 Å². The second kappa shape index (κ2) is 7.67. The Morgan fingerprint density at radius 3 is 2.50 bits per heavy atom. The molecule has 1 heterocycles. The van der Waals surface area contributed by atoms with Crippen molar-refractivity contribution in [2.45, 2.75) is 31.8 Å². The number of carboxylic acid groups (broad SMARTS) is 2. The van der Waals surface area contributed by atoms with Gasteiger partial charge in [-0.25, -0.2) is 9.59 Å². The summed E-state index contributed by atoms with van der Waals surface area (Å²) in [6.45, 7) is 1.77. The van der Waals surface area contributed by atoms with Crippen molar-refractivity contribution in [3.63, 3.8) is 0 Å². The summed E-state index contributed by atoms with van der Waals surface area (Å²) < 4.78 is 0. The van der Waals surface area contributed by atoms with Crippen LogP contribution in [0.15, 0.2) is 36.4 Å². The monoisotopic (exact) mass is 384 g/mol. The number of carbonyl (C=O) groups excluding carboxylic acids is 2. The lowest BCUT2D eigenvalue weighted by molar-refractivity contribution is -0.148. The first kappa shape index (κ1) is 19.3. The Bertz CT molecular complexity index is 970. The maximum absolute atomic E-state index is 12.7. The van der Waals surface area contributed by atoms with Crippen molar-refractivity contribution in [1.82, 2.24) is 10.2 Å². The van der Waals surface area contributed by atoms with Gasteiger partial charge in [0.05, 0.1) is 11.1 Å². The molecule has 8 heteroatoms. The van der Waals surface area contributed by atoms with Gasteiger partial charge in [-0.15, -0.1) is 0 Å². The van der Waals surface area contributed by atoms with Crippen LogP contribution in [0.1, 0.15) is 40.5 Å². The Balaban J connectivity index is 1.85. The number of likely N-dealkylation sites (tertiary alicyclic amines) is 1. The van der Waals surface area contributed by atoms with Crippen LogP contribution in [0.5, 0.6) is 0 Å². The van der Waals surface area contributed by atoms with Crippen LogP contribution in [-0.2, 0) is 9.59 Å². The lowest BCUT2D eigenvalue weighted by atomic mass is 9.98. The van der Waals surface area contributed by atoms with E-state index < -0.39 is 35.8 Å². The van der Waals surface area contributed by atoms with E-state index in [0.29, 0.717) is 30.2 Å². The summed E-state index contributed by atoms with van der Waals surface area (Å²) in [4.78, 5) is 49.6. The summed E-state index contributed by atoms with van der Waals surface area (Å²) in [6, 6.07) is 7.98. The molecular weight excluding hydrogens is 364 g/mol. The quantitative estimate of drug-likeness (QED) is 0.721. The zero-order chi connectivity index (χ0) is 20.4. The molecule has 3 N–H and O–H groups in total. The molecule has 0 radical (unpaired) electrons. The van der Waals surface area contributed by atoms with E-state index in [0.717, 1.165) is 0 Å². The highest BCUT2D eigenvalue weighted by Gasteiger charge is 2.36. The van der Waals surface area contributed by atoms with Gasteiger partial charge in [-0.3, -0.25) is 9.59 Å². The first-order valence-corrected chi connectivity index (χ1v) is 8.90. The standard InChI is InChI=1S/C20H20N2O6/c1-11(18(24)22-10-4-7-15(22)19(25)26)21-17(23)14-9-8-12-5-2-3-6-13(12)16(14)20(27)28/h2-3,5-6,8-9,11,15H,4,7,10H2,1H3,(H,21,23)(H,25,26)(H,27,28)/t11-,15?/m0/s1. The summed E-state index contributed by atoms with van der Waals surface area (Å²) in [5.74, 6) is -3.52. The van der Waals surface area contributed by atoms with E-state index in [4.69, 9.17) is 0 Å². The van der Waals surface area contributed by atoms with Gasteiger partial charge in [-0.2, -0.15) is 0 Å². The molecule has 0 aliphatic carbocycles.